The molecule has 0 saturated heterocycles. The van der Waals surface area contributed by atoms with Crippen molar-refractivity contribution in [3.05, 3.63) is 69.5 Å². The molecule has 2 aromatic rings. The van der Waals surface area contributed by atoms with Crippen molar-refractivity contribution in [2.45, 2.75) is 38.1 Å². The Kier molecular flexibility index (Phi) is 5.64. The molecule has 1 saturated carbocycles. The van der Waals surface area contributed by atoms with Crippen LogP contribution in [0.4, 0.5) is 0 Å². The predicted octanol–water partition coefficient (Wildman–Crippen LogP) is 6.27. The number of benzene rings is 1. The van der Waals surface area contributed by atoms with E-state index in [1.54, 1.807) is 30.3 Å². The zero-order chi connectivity index (χ0) is 16.9. The van der Waals surface area contributed by atoms with Gasteiger partial charge in [-0.05, 0) is 55.3 Å². The summed E-state index contributed by atoms with van der Waals surface area (Å²) in [7, 11) is 0. The van der Waals surface area contributed by atoms with Crippen molar-refractivity contribution in [1.82, 2.24) is 4.57 Å². The zero-order valence-electron chi connectivity index (χ0n) is 13.5. The number of carbonyl (C=O) groups is 1. The fourth-order valence-corrected chi connectivity index (χ4v) is 3.65. The lowest BCUT2D eigenvalue weighted by molar-refractivity contribution is 0.104. The molecule has 4 heteroatoms. The SMILES string of the molecule is O=C(C=Cc1cccn(C2CCCCC2)c1=S)c1ccc(Cl)cc1. The van der Waals surface area contributed by atoms with Crippen molar-refractivity contribution < 1.29 is 4.79 Å². The predicted molar refractivity (Wildman–Crippen MR) is 102 cm³/mol. The smallest absolute Gasteiger partial charge is 0.185 e. The van der Waals surface area contributed by atoms with Gasteiger partial charge in [-0.25, -0.2) is 0 Å². The van der Waals surface area contributed by atoms with Gasteiger partial charge in [0.1, 0.15) is 4.64 Å². The van der Waals surface area contributed by atoms with Gasteiger partial charge in [0.25, 0.3) is 0 Å². The third kappa shape index (κ3) is 4.03. The lowest BCUT2D eigenvalue weighted by Crippen LogP contribution is -2.14. The second-order valence-corrected chi connectivity index (χ2v) is 7.00. The van der Waals surface area contributed by atoms with E-state index in [1.807, 2.05) is 18.2 Å². The maximum Gasteiger partial charge on any atom is 0.185 e. The van der Waals surface area contributed by atoms with Crippen molar-refractivity contribution in [3.8, 4) is 0 Å². The Balaban J connectivity index is 1.80. The number of hydrogen-bond acceptors (Lipinski definition) is 2. The van der Waals surface area contributed by atoms with E-state index in [2.05, 4.69) is 10.8 Å². The molecule has 0 unspecified atom stereocenters. The molecule has 0 amide bonds. The third-order valence-corrected chi connectivity index (χ3v) is 5.21. The molecule has 1 aliphatic rings. The molecule has 1 heterocycles. The van der Waals surface area contributed by atoms with Crippen molar-refractivity contribution in [3.63, 3.8) is 0 Å². The molecule has 2 nitrogen and oxygen atoms in total. The average molecular weight is 358 g/mol. The summed E-state index contributed by atoms with van der Waals surface area (Å²) in [6, 6.07) is 11.4. The van der Waals surface area contributed by atoms with E-state index in [4.69, 9.17) is 23.8 Å². The van der Waals surface area contributed by atoms with Crippen LogP contribution in [0.3, 0.4) is 0 Å². The summed E-state index contributed by atoms with van der Waals surface area (Å²) in [5, 5.41) is 0.625. The van der Waals surface area contributed by atoms with Gasteiger partial charge in [0, 0.05) is 28.4 Å². The Morgan fingerprint density at radius 1 is 1.12 bits per heavy atom. The van der Waals surface area contributed by atoms with Crippen LogP contribution in [-0.2, 0) is 0 Å². The lowest BCUT2D eigenvalue weighted by Gasteiger charge is -2.25. The molecule has 0 spiro atoms. The number of aromatic nitrogens is 1. The van der Waals surface area contributed by atoms with Crippen molar-refractivity contribution in [1.29, 1.82) is 0 Å². The highest BCUT2D eigenvalue weighted by atomic mass is 35.5. The van der Waals surface area contributed by atoms with E-state index in [-0.39, 0.29) is 5.78 Å². The number of ketones is 1. The third-order valence-electron chi connectivity index (χ3n) is 4.52. The zero-order valence-corrected chi connectivity index (χ0v) is 15.0. The van der Waals surface area contributed by atoms with Gasteiger partial charge in [-0.1, -0.05) is 49.1 Å². The second-order valence-electron chi connectivity index (χ2n) is 6.17. The monoisotopic (exact) mass is 357 g/mol. The maximum atomic E-state index is 12.3. The summed E-state index contributed by atoms with van der Waals surface area (Å²) in [5.41, 5.74) is 1.54. The average Bonchev–Trinajstić information content (AvgIpc) is 2.62. The lowest BCUT2D eigenvalue weighted by atomic mass is 9.95. The molecule has 1 aliphatic carbocycles. The first-order valence-corrected chi connectivity index (χ1v) is 9.13. The molecule has 0 N–H and O–H groups in total. The molecule has 1 aromatic carbocycles. The summed E-state index contributed by atoms with van der Waals surface area (Å²) < 4.78 is 3.01. The van der Waals surface area contributed by atoms with Crippen LogP contribution < -0.4 is 0 Å². The Morgan fingerprint density at radius 2 is 1.83 bits per heavy atom. The van der Waals surface area contributed by atoms with Crippen LogP contribution in [0.2, 0.25) is 5.02 Å². The van der Waals surface area contributed by atoms with Gasteiger partial charge >= 0.3 is 0 Å². The van der Waals surface area contributed by atoms with E-state index < -0.39 is 0 Å². The molecule has 24 heavy (non-hydrogen) atoms. The minimum atomic E-state index is -0.0471. The number of nitrogens with zero attached hydrogens (tertiary/aromatic N) is 1. The molecule has 1 fully saturated rings. The Bertz CT molecular complexity index is 801. The van der Waals surface area contributed by atoms with Gasteiger partial charge in [0.2, 0.25) is 0 Å². The summed E-state index contributed by atoms with van der Waals surface area (Å²) in [6.07, 6.45) is 11.7. The van der Waals surface area contributed by atoms with Gasteiger partial charge in [-0.3, -0.25) is 4.79 Å². The number of carbonyl (C=O) groups excluding carboxylic acids is 1. The van der Waals surface area contributed by atoms with E-state index in [1.165, 1.54) is 32.1 Å². The Morgan fingerprint density at radius 3 is 2.54 bits per heavy atom. The highest BCUT2D eigenvalue weighted by molar-refractivity contribution is 7.71. The Hall–Kier alpha value is -1.71. The number of halogens is 1. The fraction of sp³-hybridized carbons (Fsp3) is 0.300. The first-order chi connectivity index (χ1) is 11.6. The summed E-state index contributed by atoms with van der Waals surface area (Å²) in [6.45, 7) is 0. The quantitative estimate of drug-likeness (QED) is 0.365. The van der Waals surface area contributed by atoms with E-state index >= 15 is 0 Å². The van der Waals surface area contributed by atoms with Crippen LogP contribution >= 0.6 is 23.8 Å². The highest BCUT2D eigenvalue weighted by Crippen LogP contribution is 2.28. The molecular weight excluding hydrogens is 338 g/mol. The minimum Gasteiger partial charge on any atom is -0.336 e. The first-order valence-electron chi connectivity index (χ1n) is 8.34. The number of pyridine rings is 1. The molecule has 3 rings (SSSR count). The molecule has 1 aromatic heterocycles. The van der Waals surface area contributed by atoms with Gasteiger partial charge in [0.05, 0.1) is 0 Å². The Labute approximate surface area is 152 Å². The van der Waals surface area contributed by atoms with Crippen LogP contribution in [-0.4, -0.2) is 10.4 Å². The van der Waals surface area contributed by atoms with Crippen LogP contribution in [0.5, 0.6) is 0 Å². The molecule has 0 atom stereocenters. The second kappa shape index (κ2) is 7.91. The van der Waals surface area contributed by atoms with Gasteiger partial charge in [-0.15, -0.1) is 0 Å². The molecular formula is C20H20ClNOS. The van der Waals surface area contributed by atoms with Crippen LogP contribution in [0.1, 0.15) is 54.1 Å². The highest BCUT2D eigenvalue weighted by Gasteiger charge is 2.15. The van der Waals surface area contributed by atoms with E-state index in [0.717, 1.165) is 10.2 Å². The maximum absolute atomic E-state index is 12.3. The standard InChI is InChI=1S/C20H20ClNOS/c21-17-11-8-15(9-12-17)19(23)13-10-16-5-4-14-22(20(16)24)18-6-2-1-3-7-18/h4-5,8-14,18H,1-3,6-7H2. The van der Waals surface area contributed by atoms with Gasteiger partial charge in [0.15, 0.2) is 5.78 Å². The summed E-state index contributed by atoms with van der Waals surface area (Å²) in [5.74, 6) is -0.0471. The fourth-order valence-electron chi connectivity index (χ4n) is 3.18. The normalized spacial score (nSPS) is 15.7. The minimum absolute atomic E-state index is 0.0471. The largest absolute Gasteiger partial charge is 0.336 e. The molecule has 124 valence electrons. The molecule has 0 bridgehead atoms. The van der Waals surface area contributed by atoms with Crippen molar-refractivity contribution >= 4 is 35.7 Å². The van der Waals surface area contributed by atoms with Crippen LogP contribution in [0, 0.1) is 4.64 Å². The van der Waals surface area contributed by atoms with Crippen LogP contribution in [0.25, 0.3) is 6.08 Å². The van der Waals surface area contributed by atoms with Gasteiger partial charge in [-0.2, -0.15) is 0 Å². The topological polar surface area (TPSA) is 22.0 Å². The van der Waals surface area contributed by atoms with E-state index in [9.17, 15) is 4.79 Å². The van der Waals surface area contributed by atoms with E-state index in [0.29, 0.717) is 16.6 Å². The number of allylic oxidation sites excluding steroid dienone is 1. The van der Waals surface area contributed by atoms with Crippen LogP contribution in [0.15, 0.2) is 48.7 Å². The number of hydrogen-bond donors (Lipinski definition) is 0. The summed E-state index contributed by atoms with van der Waals surface area (Å²) >= 11 is 11.5. The molecule has 0 aliphatic heterocycles. The van der Waals surface area contributed by atoms with Gasteiger partial charge < -0.3 is 4.57 Å². The first kappa shape index (κ1) is 17.1. The summed E-state index contributed by atoms with van der Waals surface area (Å²) in [4.78, 5) is 12.3. The van der Waals surface area contributed by atoms with Crippen molar-refractivity contribution in [2.24, 2.45) is 0 Å². The van der Waals surface area contributed by atoms with Crippen molar-refractivity contribution in [2.75, 3.05) is 0 Å². The number of rotatable bonds is 4. The molecule has 0 radical (unpaired) electrons.